The topological polar surface area (TPSA) is 78.6 Å². The molecular weight excluding hydrogens is 266 g/mol. The molecule has 0 radical (unpaired) electrons. The van der Waals surface area contributed by atoms with Gasteiger partial charge in [0.2, 0.25) is 0 Å². The molecule has 0 bridgehead atoms. The molecule has 6 heteroatoms. The van der Waals surface area contributed by atoms with Crippen LogP contribution in [0.4, 0.5) is 0 Å². The molecule has 0 spiro atoms. The van der Waals surface area contributed by atoms with Gasteiger partial charge in [0.1, 0.15) is 6.04 Å². The molecule has 0 amide bonds. The second-order valence-electron chi connectivity index (χ2n) is 3.84. The molecule has 19 heavy (non-hydrogen) atoms. The van der Waals surface area contributed by atoms with Crippen LogP contribution in [0, 0.1) is 0 Å². The smallest absolute Gasteiger partial charge is 0.337 e. The fourth-order valence-electron chi connectivity index (χ4n) is 1.43. The van der Waals surface area contributed by atoms with Gasteiger partial charge in [-0.1, -0.05) is 12.1 Å². The van der Waals surface area contributed by atoms with Crippen LogP contribution in [-0.4, -0.2) is 38.0 Å². The molecule has 104 valence electrons. The van der Waals surface area contributed by atoms with Crippen molar-refractivity contribution in [3.05, 3.63) is 35.4 Å². The van der Waals surface area contributed by atoms with E-state index in [0.717, 1.165) is 5.56 Å². The molecule has 1 unspecified atom stereocenters. The van der Waals surface area contributed by atoms with Crippen LogP contribution in [0.15, 0.2) is 24.3 Å². The number of nitrogens with two attached hydrogens (primary N) is 1. The zero-order valence-electron chi connectivity index (χ0n) is 10.9. The summed E-state index contributed by atoms with van der Waals surface area (Å²) in [6.07, 6.45) is 0. The van der Waals surface area contributed by atoms with Gasteiger partial charge < -0.3 is 15.2 Å². The monoisotopic (exact) mass is 283 g/mol. The average molecular weight is 283 g/mol. The molecule has 0 aliphatic rings. The molecular formula is C13H17NO4S. The Morgan fingerprint density at radius 2 is 2.05 bits per heavy atom. The number of methoxy groups -OCH3 is 2. The van der Waals surface area contributed by atoms with Crippen LogP contribution in [0.1, 0.15) is 15.9 Å². The van der Waals surface area contributed by atoms with Crippen molar-refractivity contribution < 1.29 is 19.1 Å². The van der Waals surface area contributed by atoms with E-state index in [1.54, 1.807) is 18.2 Å². The van der Waals surface area contributed by atoms with Crippen LogP contribution in [0.2, 0.25) is 0 Å². The number of carbonyl (C=O) groups excluding carboxylic acids is 2. The second kappa shape index (κ2) is 7.81. The standard InChI is InChI=1S/C13H17NO4S/c1-17-12(15)10-5-3-4-9(6-10)7-19-8-11(14)13(16)18-2/h3-6,11H,7-8,14H2,1-2H3. The molecule has 0 heterocycles. The normalized spacial score (nSPS) is 11.7. The Morgan fingerprint density at radius 1 is 1.32 bits per heavy atom. The highest BCUT2D eigenvalue weighted by Crippen LogP contribution is 2.15. The van der Waals surface area contributed by atoms with Gasteiger partial charge in [-0.25, -0.2) is 4.79 Å². The quantitative estimate of drug-likeness (QED) is 0.791. The molecule has 0 aliphatic carbocycles. The van der Waals surface area contributed by atoms with E-state index in [1.807, 2.05) is 6.07 Å². The molecule has 0 saturated heterocycles. The van der Waals surface area contributed by atoms with E-state index in [0.29, 0.717) is 17.1 Å². The van der Waals surface area contributed by atoms with Crippen molar-refractivity contribution in [2.24, 2.45) is 5.73 Å². The molecule has 1 aromatic rings. The van der Waals surface area contributed by atoms with Gasteiger partial charge in [0.05, 0.1) is 19.8 Å². The summed E-state index contributed by atoms with van der Waals surface area (Å²) in [5.74, 6) is 0.346. The maximum absolute atomic E-state index is 11.4. The molecule has 0 aliphatic heterocycles. The largest absolute Gasteiger partial charge is 0.468 e. The second-order valence-corrected chi connectivity index (χ2v) is 4.87. The molecule has 0 saturated carbocycles. The molecule has 5 nitrogen and oxygen atoms in total. The first kappa shape index (κ1) is 15.5. The van der Waals surface area contributed by atoms with Gasteiger partial charge in [-0.05, 0) is 17.7 Å². The minimum absolute atomic E-state index is 0.363. The van der Waals surface area contributed by atoms with Gasteiger partial charge in [0.15, 0.2) is 0 Å². The summed E-state index contributed by atoms with van der Waals surface area (Å²) in [6, 6.07) is 6.53. The number of esters is 2. The van der Waals surface area contributed by atoms with Crippen molar-refractivity contribution in [2.75, 3.05) is 20.0 Å². The van der Waals surface area contributed by atoms with Crippen LogP contribution in [0.3, 0.4) is 0 Å². The highest BCUT2D eigenvalue weighted by atomic mass is 32.2. The van der Waals surface area contributed by atoms with E-state index >= 15 is 0 Å². The summed E-state index contributed by atoms with van der Waals surface area (Å²) >= 11 is 1.51. The summed E-state index contributed by atoms with van der Waals surface area (Å²) in [5, 5.41) is 0. The van der Waals surface area contributed by atoms with Gasteiger partial charge >= 0.3 is 11.9 Å². The Hall–Kier alpha value is -1.53. The third-order valence-electron chi connectivity index (χ3n) is 2.42. The summed E-state index contributed by atoms with van der Waals surface area (Å²) < 4.78 is 9.19. The summed E-state index contributed by atoms with van der Waals surface area (Å²) in [4.78, 5) is 22.5. The molecule has 0 aromatic heterocycles. The minimum Gasteiger partial charge on any atom is -0.468 e. The predicted molar refractivity (Wildman–Crippen MR) is 73.9 cm³/mol. The number of ether oxygens (including phenoxy) is 2. The molecule has 0 fully saturated rings. The summed E-state index contributed by atoms with van der Waals surface area (Å²) in [7, 11) is 2.66. The third kappa shape index (κ3) is 4.92. The summed E-state index contributed by atoms with van der Waals surface area (Å²) in [6.45, 7) is 0. The Bertz CT molecular complexity index is 450. The van der Waals surface area contributed by atoms with Gasteiger partial charge in [-0.3, -0.25) is 4.79 Å². The third-order valence-corrected chi connectivity index (χ3v) is 3.55. The number of rotatable bonds is 6. The van der Waals surface area contributed by atoms with E-state index < -0.39 is 12.0 Å². The Labute approximate surface area is 116 Å². The van der Waals surface area contributed by atoms with E-state index in [9.17, 15) is 9.59 Å². The van der Waals surface area contributed by atoms with Crippen molar-refractivity contribution >= 4 is 23.7 Å². The van der Waals surface area contributed by atoms with Gasteiger partial charge in [0, 0.05) is 11.5 Å². The van der Waals surface area contributed by atoms with E-state index in [1.165, 1.54) is 26.0 Å². The minimum atomic E-state index is -0.626. The van der Waals surface area contributed by atoms with Crippen LogP contribution < -0.4 is 5.73 Å². The lowest BCUT2D eigenvalue weighted by atomic mass is 10.1. The van der Waals surface area contributed by atoms with Crippen molar-refractivity contribution in [1.82, 2.24) is 0 Å². The number of thioether (sulfide) groups is 1. The van der Waals surface area contributed by atoms with Crippen LogP contribution in [-0.2, 0) is 20.0 Å². The van der Waals surface area contributed by atoms with Crippen LogP contribution in [0.5, 0.6) is 0 Å². The first-order valence-electron chi connectivity index (χ1n) is 5.67. The Kier molecular flexibility index (Phi) is 6.38. The number of benzene rings is 1. The van der Waals surface area contributed by atoms with Gasteiger partial charge in [0.25, 0.3) is 0 Å². The highest BCUT2D eigenvalue weighted by molar-refractivity contribution is 7.98. The van der Waals surface area contributed by atoms with Crippen molar-refractivity contribution in [3.8, 4) is 0 Å². The highest BCUT2D eigenvalue weighted by Gasteiger charge is 2.13. The van der Waals surface area contributed by atoms with Crippen molar-refractivity contribution in [3.63, 3.8) is 0 Å². The van der Waals surface area contributed by atoms with Crippen molar-refractivity contribution in [2.45, 2.75) is 11.8 Å². The predicted octanol–water partition coefficient (Wildman–Crippen LogP) is 1.21. The zero-order chi connectivity index (χ0) is 14.3. The summed E-state index contributed by atoms with van der Waals surface area (Å²) in [5.41, 5.74) is 7.11. The van der Waals surface area contributed by atoms with Crippen molar-refractivity contribution in [1.29, 1.82) is 0 Å². The Morgan fingerprint density at radius 3 is 2.68 bits per heavy atom. The number of hydrogen-bond donors (Lipinski definition) is 1. The maximum atomic E-state index is 11.4. The van der Waals surface area contributed by atoms with Crippen LogP contribution in [0.25, 0.3) is 0 Å². The van der Waals surface area contributed by atoms with Gasteiger partial charge in [-0.2, -0.15) is 11.8 Å². The number of hydrogen-bond acceptors (Lipinski definition) is 6. The maximum Gasteiger partial charge on any atom is 0.337 e. The molecule has 1 rings (SSSR count). The lowest BCUT2D eigenvalue weighted by molar-refractivity contribution is -0.141. The van der Waals surface area contributed by atoms with E-state index in [-0.39, 0.29) is 5.97 Å². The fourth-order valence-corrected chi connectivity index (χ4v) is 2.35. The lowest BCUT2D eigenvalue weighted by Gasteiger charge is -2.09. The average Bonchev–Trinajstić information content (AvgIpc) is 2.45. The first-order chi connectivity index (χ1) is 9.08. The molecule has 2 N–H and O–H groups in total. The molecule has 1 atom stereocenters. The fraction of sp³-hybridized carbons (Fsp3) is 0.385. The molecule has 1 aromatic carbocycles. The van der Waals surface area contributed by atoms with E-state index in [2.05, 4.69) is 9.47 Å². The SMILES string of the molecule is COC(=O)c1cccc(CSCC(N)C(=O)OC)c1. The van der Waals surface area contributed by atoms with Gasteiger partial charge in [-0.15, -0.1) is 0 Å². The first-order valence-corrected chi connectivity index (χ1v) is 6.82. The lowest BCUT2D eigenvalue weighted by Crippen LogP contribution is -2.33. The Balaban J connectivity index is 2.50. The van der Waals surface area contributed by atoms with Crippen LogP contribution >= 0.6 is 11.8 Å². The number of carbonyl (C=O) groups is 2. The van der Waals surface area contributed by atoms with E-state index in [4.69, 9.17) is 5.73 Å². The zero-order valence-corrected chi connectivity index (χ0v) is 11.7.